The lowest BCUT2D eigenvalue weighted by molar-refractivity contribution is 0.0382. The molecule has 5 nitrogen and oxygen atoms in total. The van der Waals surface area contributed by atoms with Crippen molar-refractivity contribution < 1.29 is 19.4 Å². The molecule has 0 aromatic carbocycles. The van der Waals surface area contributed by atoms with Crippen LogP contribution in [0.3, 0.4) is 0 Å². The van der Waals surface area contributed by atoms with Crippen molar-refractivity contribution in [1.29, 1.82) is 0 Å². The number of amides is 1. The highest BCUT2D eigenvalue weighted by atomic mass is 32.1. The molecule has 0 atom stereocenters. The molecule has 0 unspecified atom stereocenters. The van der Waals surface area contributed by atoms with Crippen molar-refractivity contribution in [2.45, 2.75) is 53.2 Å². The molecule has 0 aliphatic rings. The van der Waals surface area contributed by atoms with E-state index in [0.29, 0.717) is 5.56 Å². The van der Waals surface area contributed by atoms with Gasteiger partial charge in [0.05, 0.1) is 6.10 Å². The molecule has 1 aromatic heterocycles. The van der Waals surface area contributed by atoms with Crippen LogP contribution in [0.25, 0.3) is 0 Å². The van der Waals surface area contributed by atoms with Gasteiger partial charge < -0.3 is 15.2 Å². The number of ether oxygens (including phenoxy) is 1. The molecule has 0 aliphatic heterocycles. The van der Waals surface area contributed by atoms with Gasteiger partial charge in [-0.1, -0.05) is 0 Å². The minimum atomic E-state index is -0.521. The minimum absolute atomic E-state index is 0.133. The van der Waals surface area contributed by atoms with Crippen LogP contribution in [0.4, 0.5) is 0 Å². The van der Waals surface area contributed by atoms with Gasteiger partial charge >= 0.3 is 5.97 Å². The first-order chi connectivity index (χ1) is 9.03. The summed E-state index contributed by atoms with van der Waals surface area (Å²) in [6.07, 6.45) is -0.252. The second-order valence-electron chi connectivity index (χ2n) is 5.89. The van der Waals surface area contributed by atoms with Crippen molar-refractivity contribution in [1.82, 2.24) is 5.32 Å². The van der Waals surface area contributed by atoms with Crippen molar-refractivity contribution in [3.05, 3.63) is 15.3 Å². The zero-order valence-corrected chi connectivity index (χ0v) is 13.5. The van der Waals surface area contributed by atoms with Gasteiger partial charge in [0.2, 0.25) is 0 Å². The minimum Gasteiger partial charge on any atom is -0.506 e. The summed E-state index contributed by atoms with van der Waals surface area (Å²) in [6.45, 7) is 10.6. The highest BCUT2D eigenvalue weighted by molar-refractivity contribution is 7.16. The average molecular weight is 299 g/mol. The predicted molar refractivity (Wildman–Crippen MR) is 78.5 cm³/mol. The van der Waals surface area contributed by atoms with Gasteiger partial charge in [-0.2, -0.15) is 0 Å². The molecule has 2 N–H and O–H groups in total. The summed E-state index contributed by atoms with van der Waals surface area (Å²) in [7, 11) is 0. The van der Waals surface area contributed by atoms with E-state index in [4.69, 9.17) is 4.74 Å². The highest BCUT2D eigenvalue weighted by Crippen LogP contribution is 2.34. The smallest absolute Gasteiger partial charge is 0.348 e. The van der Waals surface area contributed by atoms with Gasteiger partial charge in [-0.15, -0.1) is 11.3 Å². The SMILES string of the molecule is Cc1c(C(=O)OC(C)C)sc(C(=O)NC(C)(C)C)c1O. The topological polar surface area (TPSA) is 75.6 Å². The van der Waals surface area contributed by atoms with Crippen LogP contribution in [-0.4, -0.2) is 28.6 Å². The molecular formula is C14H21NO4S. The molecule has 0 saturated heterocycles. The monoisotopic (exact) mass is 299 g/mol. The van der Waals surface area contributed by atoms with Crippen LogP contribution in [0.5, 0.6) is 5.75 Å². The quantitative estimate of drug-likeness (QED) is 0.842. The number of esters is 1. The van der Waals surface area contributed by atoms with E-state index in [1.54, 1.807) is 20.8 Å². The number of aromatic hydroxyl groups is 1. The number of hydrogen-bond donors (Lipinski definition) is 2. The Morgan fingerprint density at radius 3 is 2.25 bits per heavy atom. The Labute approximate surface area is 123 Å². The zero-order chi connectivity index (χ0) is 15.7. The first-order valence-electron chi connectivity index (χ1n) is 6.38. The van der Waals surface area contributed by atoms with Gasteiger partial charge in [-0.3, -0.25) is 4.79 Å². The van der Waals surface area contributed by atoms with Gasteiger partial charge in [-0.25, -0.2) is 4.79 Å². The van der Waals surface area contributed by atoms with Gasteiger partial charge in [-0.05, 0) is 41.5 Å². The number of carbonyl (C=O) groups excluding carboxylic acids is 2. The van der Waals surface area contributed by atoms with E-state index in [2.05, 4.69) is 5.32 Å². The Morgan fingerprint density at radius 1 is 1.25 bits per heavy atom. The largest absolute Gasteiger partial charge is 0.506 e. The molecule has 0 spiro atoms. The molecule has 1 rings (SSSR count). The fraction of sp³-hybridized carbons (Fsp3) is 0.571. The van der Waals surface area contributed by atoms with E-state index in [1.807, 2.05) is 20.8 Å². The van der Waals surface area contributed by atoms with E-state index >= 15 is 0 Å². The number of rotatable bonds is 3. The predicted octanol–water partition coefficient (Wildman–Crippen LogP) is 2.86. The normalized spacial score (nSPS) is 11.6. The molecule has 6 heteroatoms. The molecule has 1 aromatic rings. The number of nitrogens with one attached hydrogen (secondary N) is 1. The maximum absolute atomic E-state index is 12.1. The molecule has 1 heterocycles. The van der Waals surface area contributed by atoms with Gasteiger partial charge in [0.25, 0.3) is 5.91 Å². The summed E-state index contributed by atoms with van der Waals surface area (Å²) < 4.78 is 5.09. The Bertz CT molecular complexity index is 526. The van der Waals surface area contributed by atoms with Gasteiger partial charge in [0, 0.05) is 11.1 Å². The Morgan fingerprint density at radius 2 is 1.80 bits per heavy atom. The van der Waals surface area contributed by atoms with E-state index in [9.17, 15) is 14.7 Å². The van der Waals surface area contributed by atoms with Crippen LogP contribution in [-0.2, 0) is 4.74 Å². The molecule has 112 valence electrons. The second-order valence-corrected chi connectivity index (χ2v) is 6.91. The average Bonchev–Trinajstić information content (AvgIpc) is 2.53. The van der Waals surface area contributed by atoms with E-state index in [1.165, 1.54) is 0 Å². The van der Waals surface area contributed by atoms with Gasteiger partial charge in [0.15, 0.2) is 0 Å². The molecule has 0 bridgehead atoms. The third-order valence-corrected chi connectivity index (χ3v) is 3.60. The maximum Gasteiger partial charge on any atom is 0.348 e. The summed E-state index contributed by atoms with van der Waals surface area (Å²) in [5.41, 5.74) is -0.0419. The summed E-state index contributed by atoms with van der Waals surface area (Å²) >= 11 is 0.948. The summed E-state index contributed by atoms with van der Waals surface area (Å²) in [5, 5.41) is 12.8. The lowest BCUT2D eigenvalue weighted by Crippen LogP contribution is -2.40. The molecule has 0 fully saturated rings. The summed E-state index contributed by atoms with van der Waals surface area (Å²) in [4.78, 5) is 24.4. The number of thiophene rings is 1. The number of hydrogen-bond acceptors (Lipinski definition) is 5. The van der Waals surface area contributed by atoms with Crippen LogP contribution < -0.4 is 5.32 Å². The van der Waals surface area contributed by atoms with E-state index in [-0.39, 0.29) is 21.6 Å². The summed E-state index contributed by atoms with van der Waals surface area (Å²) in [5.74, 6) is -1.08. The fourth-order valence-electron chi connectivity index (χ4n) is 1.52. The second kappa shape index (κ2) is 5.83. The molecular weight excluding hydrogens is 278 g/mol. The lowest BCUT2D eigenvalue weighted by atomic mass is 10.1. The van der Waals surface area contributed by atoms with Crippen molar-refractivity contribution in [2.75, 3.05) is 0 Å². The maximum atomic E-state index is 12.1. The van der Waals surface area contributed by atoms with Crippen molar-refractivity contribution in [3.8, 4) is 5.75 Å². The Balaban J connectivity index is 3.07. The number of carbonyl (C=O) groups is 2. The van der Waals surface area contributed by atoms with Crippen LogP contribution in [0.1, 0.15) is 59.5 Å². The molecule has 0 radical (unpaired) electrons. The van der Waals surface area contributed by atoms with Crippen LogP contribution in [0.15, 0.2) is 0 Å². The molecule has 20 heavy (non-hydrogen) atoms. The van der Waals surface area contributed by atoms with Gasteiger partial charge in [0.1, 0.15) is 15.5 Å². The highest BCUT2D eigenvalue weighted by Gasteiger charge is 2.27. The zero-order valence-electron chi connectivity index (χ0n) is 12.7. The van der Waals surface area contributed by atoms with Crippen molar-refractivity contribution in [2.24, 2.45) is 0 Å². The third kappa shape index (κ3) is 3.96. The lowest BCUT2D eigenvalue weighted by Gasteiger charge is -2.19. The first kappa shape index (κ1) is 16.5. The Hall–Kier alpha value is -1.56. The van der Waals surface area contributed by atoms with Crippen LogP contribution in [0.2, 0.25) is 0 Å². The van der Waals surface area contributed by atoms with Crippen molar-refractivity contribution >= 4 is 23.2 Å². The molecule has 0 aliphatic carbocycles. The standard InChI is InChI=1S/C14H21NO4S/c1-7(2)19-13(18)10-8(3)9(16)11(20-10)12(17)15-14(4,5)6/h7,16H,1-6H3,(H,15,17). The van der Waals surface area contributed by atoms with Crippen molar-refractivity contribution in [3.63, 3.8) is 0 Å². The summed E-state index contributed by atoms with van der Waals surface area (Å²) in [6, 6.07) is 0. The first-order valence-corrected chi connectivity index (χ1v) is 7.20. The third-order valence-electron chi connectivity index (χ3n) is 2.34. The molecule has 0 saturated carbocycles. The van der Waals surface area contributed by atoms with Crippen LogP contribution in [0, 0.1) is 6.92 Å². The van der Waals surface area contributed by atoms with E-state index < -0.39 is 17.4 Å². The fourth-order valence-corrected chi connectivity index (χ4v) is 2.50. The molecule has 1 amide bonds. The Kier molecular flexibility index (Phi) is 4.81. The van der Waals surface area contributed by atoms with Crippen LogP contribution >= 0.6 is 11.3 Å². The van der Waals surface area contributed by atoms with E-state index in [0.717, 1.165) is 11.3 Å².